The molecular formula is C19H23ClN2O3. The number of piperidine rings is 1. The minimum absolute atomic E-state index is 0. The molecule has 0 saturated carbocycles. The largest absolute Gasteiger partial charge is 0.483 e. The topological polar surface area (TPSA) is 55.6 Å². The highest BCUT2D eigenvalue weighted by atomic mass is 35.5. The van der Waals surface area contributed by atoms with Gasteiger partial charge in [-0.2, -0.15) is 0 Å². The highest BCUT2D eigenvalue weighted by Gasteiger charge is 2.32. The quantitative estimate of drug-likeness (QED) is 0.588. The third kappa shape index (κ3) is 4.50. The number of rotatable bonds is 5. The molecule has 0 spiro atoms. The Hall–Kier alpha value is -2.11. The van der Waals surface area contributed by atoms with Gasteiger partial charge in [0.25, 0.3) is 0 Å². The summed E-state index contributed by atoms with van der Waals surface area (Å²) in [4.78, 5) is 13.2. The van der Waals surface area contributed by atoms with Crippen molar-refractivity contribution in [1.82, 2.24) is 4.90 Å². The summed E-state index contributed by atoms with van der Waals surface area (Å²) in [5.74, 6) is 0.568. The van der Waals surface area contributed by atoms with E-state index in [2.05, 4.69) is 24.0 Å². The molecule has 1 aliphatic heterocycles. The predicted molar refractivity (Wildman–Crippen MR) is 101 cm³/mol. The van der Waals surface area contributed by atoms with Crippen molar-refractivity contribution in [2.24, 2.45) is 0 Å². The van der Waals surface area contributed by atoms with Crippen LogP contribution in [0, 0.1) is 10.1 Å². The Morgan fingerprint density at radius 3 is 2.52 bits per heavy atom. The third-order valence-electron chi connectivity index (χ3n) is 4.65. The molecule has 0 bridgehead atoms. The van der Waals surface area contributed by atoms with Gasteiger partial charge in [-0.05, 0) is 24.6 Å². The lowest BCUT2D eigenvalue weighted by Crippen LogP contribution is -2.44. The molecule has 2 aromatic carbocycles. The van der Waals surface area contributed by atoms with Crippen molar-refractivity contribution >= 4 is 18.1 Å². The Morgan fingerprint density at radius 1 is 1.16 bits per heavy atom. The van der Waals surface area contributed by atoms with Crippen LogP contribution in [0.4, 0.5) is 5.69 Å². The van der Waals surface area contributed by atoms with Crippen LogP contribution >= 0.6 is 12.4 Å². The Bertz CT molecular complexity index is 696. The van der Waals surface area contributed by atoms with Gasteiger partial charge in [-0.25, -0.2) is 0 Å². The lowest BCUT2D eigenvalue weighted by atomic mass is 9.88. The molecular weight excluding hydrogens is 340 g/mol. The molecule has 0 aliphatic carbocycles. The number of nitro groups is 1. The molecule has 1 fully saturated rings. The van der Waals surface area contributed by atoms with E-state index in [4.69, 9.17) is 4.74 Å². The van der Waals surface area contributed by atoms with Crippen molar-refractivity contribution in [3.05, 3.63) is 70.3 Å². The first-order valence-corrected chi connectivity index (χ1v) is 8.36. The summed E-state index contributed by atoms with van der Waals surface area (Å²) >= 11 is 0. The van der Waals surface area contributed by atoms with E-state index in [0.717, 1.165) is 26.1 Å². The standard InChI is InChI=1S/C19H22N2O3.ClH/c1-2-20-13-12-18(16(14-20)15-8-4-3-5-9-15)24-19-11-7-6-10-17(19)21(22)23;/h3-11,16,18H,2,12-14H2,1H3;1H/t16-,18+;/m1./s1. The summed E-state index contributed by atoms with van der Waals surface area (Å²) in [6.07, 6.45) is 0.802. The van der Waals surface area contributed by atoms with E-state index in [1.54, 1.807) is 18.2 Å². The zero-order valence-corrected chi connectivity index (χ0v) is 15.0. The van der Waals surface area contributed by atoms with Crippen molar-refractivity contribution in [2.45, 2.75) is 25.4 Å². The van der Waals surface area contributed by atoms with E-state index >= 15 is 0 Å². The molecule has 0 unspecified atom stereocenters. The van der Waals surface area contributed by atoms with E-state index < -0.39 is 0 Å². The smallest absolute Gasteiger partial charge is 0.310 e. The molecule has 134 valence electrons. The van der Waals surface area contributed by atoms with Crippen molar-refractivity contribution in [2.75, 3.05) is 19.6 Å². The first-order valence-electron chi connectivity index (χ1n) is 8.36. The Kier molecular flexibility index (Phi) is 6.79. The summed E-state index contributed by atoms with van der Waals surface area (Å²) in [5, 5.41) is 11.2. The number of nitro benzene ring substituents is 1. The molecule has 2 atom stereocenters. The van der Waals surface area contributed by atoms with Crippen molar-refractivity contribution in [1.29, 1.82) is 0 Å². The van der Waals surface area contributed by atoms with Crippen LogP contribution in [0.3, 0.4) is 0 Å². The molecule has 6 heteroatoms. The molecule has 0 amide bonds. The number of benzene rings is 2. The first-order chi connectivity index (χ1) is 11.7. The average molecular weight is 363 g/mol. The fourth-order valence-corrected chi connectivity index (χ4v) is 3.32. The highest BCUT2D eigenvalue weighted by Crippen LogP contribution is 2.34. The molecule has 0 N–H and O–H groups in total. The molecule has 1 aliphatic rings. The first kappa shape index (κ1) is 19.2. The SMILES string of the molecule is CCN1CC[C@H](Oc2ccccc2[N+](=O)[O-])[C@@H](c2ccccc2)C1.Cl. The maximum Gasteiger partial charge on any atom is 0.310 e. The van der Waals surface area contributed by atoms with Gasteiger partial charge >= 0.3 is 5.69 Å². The number of hydrogen-bond donors (Lipinski definition) is 0. The van der Waals surface area contributed by atoms with Gasteiger partial charge in [-0.15, -0.1) is 12.4 Å². The second kappa shape index (κ2) is 8.83. The van der Waals surface area contributed by atoms with Gasteiger partial charge < -0.3 is 9.64 Å². The molecule has 5 nitrogen and oxygen atoms in total. The van der Waals surface area contributed by atoms with Gasteiger partial charge in [0.15, 0.2) is 5.75 Å². The zero-order chi connectivity index (χ0) is 16.9. The van der Waals surface area contributed by atoms with Crippen LogP contribution in [0.25, 0.3) is 0 Å². The number of hydrogen-bond acceptors (Lipinski definition) is 4. The average Bonchev–Trinajstić information content (AvgIpc) is 2.63. The van der Waals surface area contributed by atoms with E-state index in [0.29, 0.717) is 5.75 Å². The van der Waals surface area contributed by atoms with Gasteiger partial charge in [0, 0.05) is 25.1 Å². The minimum atomic E-state index is -0.381. The summed E-state index contributed by atoms with van der Waals surface area (Å²) in [7, 11) is 0. The van der Waals surface area contributed by atoms with Gasteiger partial charge in [-0.3, -0.25) is 10.1 Å². The number of ether oxygens (including phenoxy) is 1. The van der Waals surface area contributed by atoms with Gasteiger partial charge in [-0.1, -0.05) is 49.4 Å². The second-order valence-electron chi connectivity index (χ2n) is 6.08. The molecule has 1 saturated heterocycles. The van der Waals surface area contributed by atoms with Crippen LogP contribution in [0.15, 0.2) is 54.6 Å². The lowest BCUT2D eigenvalue weighted by molar-refractivity contribution is -0.386. The zero-order valence-electron chi connectivity index (χ0n) is 14.2. The monoisotopic (exact) mass is 362 g/mol. The summed E-state index contributed by atoms with van der Waals surface area (Å²) in [6, 6.07) is 16.9. The van der Waals surface area contributed by atoms with Crippen LogP contribution in [0.5, 0.6) is 5.75 Å². The molecule has 0 radical (unpaired) electrons. The normalized spacial score (nSPS) is 20.5. The van der Waals surface area contributed by atoms with E-state index in [1.165, 1.54) is 11.6 Å². The van der Waals surface area contributed by atoms with E-state index in [-0.39, 0.29) is 35.0 Å². The van der Waals surface area contributed by atoms with Gasteiger partial charge in [0.05, 0.1) is 4.92 Å². The molecule has 1 heterocycles. The van der Waals surface area contributed by atoms with Crippen LogP contribution in [-0.2, 0) is 0 Å². The summed E-state index contributed by atoms with van der Waals surface area (Å²) in [6.45, 7) is 5.02. The van der Waals surface area contributed by atoms with Gasteiger partial charge in [0.1, 0.15) is 6.10 Å². The van der Waals surface area contributed by atoms with Crippen LogP contribution in [0.1, 0.15) is 24.8 Å². The Morgan fingerprint density at radius 2 is 1.84 bits per heavy atom. The van der Waals surface area contributed by atoms with E-state index in [1.807, 2.05) is 18.2 Å². The number of halogens is 1. The van der Waals surface area contributed by atoms with Crippen LogP contribution in [-0.4, -0.2) is 35.6 Å². The van der Waals surface area contributed by atoms with Crippen LogP contribution < -0.4 is 4.74 Å². The second-order valence-corrected chi connectivity index (χ2v) is 6.08. The minimum Gasteiger partial charge on any atom is -0.483 e. The number of nitrogens with zero attached hydrogens (tertiary/aromatic N) is 2. The maximum atomic E-state index is 11.2. The summed E-state index contributed by atoms with van der Waals surface area (Å²) < 4.78 is 6.14. The maximum absolute atomic E-state index is 11.2. The molecule has 0 aromatic heterocycles. The molecule has 3 rings (SSSR count). The van der Waals surface area contributed by atoms with E-state index in [9.17, 15) is 10.1 Å². The third-order valence-corrected chi connectivity index (χ3v) is 4.65. The van der Waals surface area contributed by atoms with Crippen molar-refractivity contribution in [3.63, 3.8) is 0 Å². The van der Waals surface area contributed by atoms with Crippen LogP contribution in [0.2, 0.25) is 0 Å². The number of likely N-dealkylation sites (N-methyl/N-ethyl adjacent to an activating group) is 1. The number of likely N-dealkylation sites (tertiary alicyclic amines) is 1. The predicted octanol–water partition coefficient (Wildman–Crippen LogP) is 4.27. The highest BCUT2D eigenvalue weighted by molar-refractivity contribution is 5.85. The van der Waals surface area contributed by atoms with Gasteiger partial charge in [0.2, 0.25) is 0 Å². The molecule has 25 heavy (non-hydrogen) atoms. The number of para-hydroxylation sites is 2. The summed E-state index contributed by atoms with van der Waals surface area (Å²) in [5.41, 5.74) is 1.25. The fourth-order valence-electron chi connectivity index (χ4n) is 3.32. The van der Waals surface area contributed by atoms with Crippen molar-refractivity contribution in [3.8, 4) is 5.75 Å². The Labute approximate surface area is 154 Å². The fraction of sp³-hybridized carbons (Fsp3) is 0.368. The molecule has 2 aromatic rings. The Balaban J connectivity index is 0.00000225. The van der Waals surface area contributed by atoms with Crippen molar-refractivity contribution < 1.29 is 9.66 Å². The lowest BCUT2D eigenvalue weighted by Gasteiger charge is -2.38.